The van der Waals surface area contributed by atoms with Gasteiger partial charge in [0, 0.05) is 17.4 Å². The van der Waals surface area contributed by atoms with Crippen LogP contribution in [0.4, 0.5) is 0 Å². The minimum atomic E-state index is -0.943. The molecular weight excluding hydrogens is 328 g/mol. The van der Waals surface area contributed by atoms with Crippen LogP contribution < -0.4 is 4.74 Å². The first-order valence-corrected chi connectivity index (χ1v) is 10.0. The van der Waals surface area contributed by atoms with Gasteiger partial charge in [0.2, 0.25) is 0 Å². The first-order chi connectivity index (χ1) is 12.2. The van der Waals surface area contributed by atoms with Gasteiger partial charge < -0.3 is 14.9 Å². The van der Waals surface area contributed by atoms with Crippen molar-refractivity contribution < 1.29 is 19.7 Å². The minimum Gasteiger partial charge on any atom is -0.508 e. The number of unbranched alkanes of at least 4 members (excludes halogenated alkanes) is 2. The monoisotopic (exact) mass is 358 g/mol. The van der Waals surface area contributed by atoms with Gasteiger partial charge in [0.15, 0.2) is 0 Å². The van der Waals surface area contributed by atoms with Crippen molar-refractivity contribution in [1.29, 1.82) is 0 Å². The van der Waals surface area contributed by atoms with Gasteiger partial charge in [-0.25, -0.2) is 4.79 Å². The zero-order valence-corrected chi connectivity index (χ0v) is 16.3. The molecule has 2 aliphatic carbocycles. The van der Waals surface area contributed by atoms with Crippen molar-refractivity contribution in [2.45, 2.75) is 77.7 Å². The van der Waals surface area contributed by atoms with E-state index in [2.05, 4.69) is 27.7 Å². The first kappa shape index (κ1) is 17.7. The van der Waals surface area contributed by atoms with Crippen LogP contribution >= 0.6 is 0 Å². The molecule has 1 heterocycles. The molecule has 26 heavy (non-hydrogen) atoms. The Morgan fingerprint density at radius 1 is 1.31 bits per heavy atom. The number of aromatic carboxylic acids is 1. The Kier molecular flexibility index (Phi) is 3.84. The molecule has 4 rings (SSSR count). The maximum absolute atomic E-state index is 12.2. The molecular formula is C22H30O4. The van der Waals surface area contributed by atoms with E-state index in [4.69, 9.17) is 4.74 Å². The number of fused-ring (bicyclic) bond motifs is 2. The van der Waals surface area contributed by atoms with Crippen LogP contribution in [0.2, 0.25) is 0 Å². The second-order valence-electron chi connectivity index (χ2n) is 9.32. The van der Waals surface area contributed by atoms with E-state index in [1.165, 1.54) is 0 Å². The Bertz CT molecular complexity index is 766. The number of aryl methyl sites for hydroxylation is 1. The predicted octanol–water partition coefficient (Wildman–Crippen LogP) is 5.12. The third-order valence-electron chi connectivity index (χ3n) is 7.50. The number of carboxylic acid groups (broad SMARTS) is 1. The van der Waals surface area contributed by atoms with Crippen molar-refractivity contribution in [3.63, 3.8) is 0 Å². The summed E-state index contributed by atoms with van der Waals surface area (Å²) in [6.45, 7) is 8.78. The number of hydrogen-bond donors (Lipinski definition) is 2. The van der Waals surface area contributed by atoms with E-state index >= 15 is 0 Å². The van der Waals surface area contributed by atoms with Crippen molar-refractivity contribution in [2.75, 3.05) is 0 Å². The molecule has 0 saturated heterocycles. The van der Waals surface area contributed by atoms with Crippen LogP contribution in [0, 0.1) is 17.3 Å². The molecule has 2 fully saturated rings. The number of benzene rings is 1. The molecule has 0 amide bonds. The van der Waals surface area contributed by atoms with E-state index in [0.29, 0.717) is 29.6 Å². The van der Waals surface area contributed by atoms with E-state index in [0.717, 1.165) is 37.7 Å². The van der Waals surface area contributed by atoms with Gasteiger partial charge in [-0.2, -0.15) is 0 Å². The predicted molar refractivity (Wildman–Crippen MR) is 100 cm³/mol. The average Bonchev–Trinajstić information content (AvgIpc) is 2.89. The fraction of sp³-hybridized carbons (Fsp3) is 0.682. The van der Waals surface area contributed by atoms with Crippen LogP contribution in [0.25, 0.3) is 0 Å². The van der Waals surface area contributed by atoms with Crippen molar-refractivity contribution in [1.82, 2.24) is 0 Å². The smallest absolute Gasteiger partial charge is 0.339 e. The molecule has 4 nitrogen and oxygen atoms in total. The molecule has 1 unspecified atom stereocenters. The van der Waals surface area contributed by atoms with Crippen LogP contribution in [0.15, 0.2) is 6.07 Å². The molecule has 1 aromatic rings. The van der Waals surface area contributed by atoms with Crippen LogP contribution in [-0.4, -0.2) is 21.8 Å². The standard InChI is InChI=1S/C22H30O4/c1-5-6-7-8-12-11-14(23)16-18-17-13(21(18,2)3)9-10-22(17,4)26-19(16)15(12)20(24)25/h11,13,17-18,23H,5-10H2,1-4H3,(H,24,25)/t13?,17-,18-,22-/m1/s1. The molecule has 1 aromatic carbocycles. The number of phenols is 1. The van der Waals surface area contributed by atoms with Gasteiger partial charge in [-0.3, -0.25) is 0 Å². The minimum absolute atomic E-state index is 0.0674. The zero-order chi connectivity index (χ0) is 18.9. The molecule has 3 aliphatic rings. The molecule has 0 aromatic heterocycles. The molecule has 2 N–H and O–H groups in total. The molecule has 1 aliphatic heterocycles. The summed E-state index contributed by atoms with van der Waals surface area (Å²) in [5, 5.41) is 20.8. The Morgan fingerprint density at radius 2 is 2.04 bits per heavy atom. The van der Waals surface area contributed by atoms with Crippen LogP contribution in [0.5, 0.6) is 11.5 Å². The van der Waals surface area contributed by atoms with E-state index < -0.39 is 5.97 Å². The van der Waals surface area contributed by atoms with E-state index in [1.807, 2.05) is 0 Å². The van der Waals surface area contributed by atoms with Gasteiger partial charge in [0.25, 0.3) is 0 Å². The van der Waals surface area contributed by atoms with Crippen LogP contribution in [-0.2, 0) is 6.42 Å². The number of carboxylic acids is 1. The van der Waals surface area contributed by atoms with Gasteiger partial charge in [-0.05, 0) is 55.6 Å². The Morgan fingerprint density at radius 3 is 2.69 bits per heavy atom. The molecule has 0 spiro atoms. The summed E-state index contributed by atoms with van der Waals surface area (Å²) in [4.78, 5) is 12.2. The third kappa shape index (κ3) is 2.17. The lowest BCUT2D eigenvalue weighted by molar-refractivity contribution is -0.121. The molecule has 4 heteroatoms. The van der Waals surface area contributed by atoms with Crippen LogP contribution in [0.1, 0.15) is 87.2 Å². The van der Waals surface area contributed by atoms with E-state index in [1.54, 1.807) is 6.07 Å². The highest BCUT2D eigenvalue weighted by atomic mass is 16.5. The van der Waals surface area contributed by atoms with Gasteiger partial charge in [-0.15, -0.1) is 0 Å². The number of hydrogen-bond acceptors (Lipinski definition) is 3. The summed E-state index contributed by atoms with van der Waals surface area (Å²) in [6, 6.07) is 1.70. The molecule has 0 bridgehead atoms. The largest absolute Gasteiger partial charge is 0.508 e. The lowest BCUT2D eigenvalue weighted by Gasteiger charge is -2.62. The van der Waals surface area contributed by atoms with Crippen molar-refractivity contribution in [2.24, 2.45) is 17.3 Å². The Labute approximate surface area is 155 Å². The Balaban J connectivity index is 1.87. The van der Waals surface area contributed by atoms with Gasteiger partial charge in [0.1, 0.15) is 22.7 Å². The number of phenolic OH excluding ortho intramolecular Hbond substituents is 1. The molecule has 142 valence electrons. The second kappa shape index (κ2) is 5.64. The normalized spacial score (nSPS) is 33.0. The van der Waals surface area contributed by atoms with Gasteiger partial charge in [-0.1, -0.05) is 33.6 Å². The molecule has 2 saturated carbocycles. The number of rotatable bonds is 5. The summed E-state index contributed by atoms with van der Waals surface area (Å²) in [7, 11) is 0. The molecule has 0 radical (unpaired) electrons. The van der Waals surface area contributed by atoms with Crippen LogP contribution in [0.3, 0.4) is 0 Å². The SMILES string of the molecule is CCCCCc1cc(O)c2c(c1C(=O)O)O[C@]1(C)CCC3[C@@H]1[C@@H]2C3(C)C. The number of carbonyl (C=O) groups is 1. The second-order valence-corrected chi connectivity index (χ2v) is 9.32. The zero-order valence-electron chi connectivity index (χ0n) is 16.3. The van der Waals surface area contributed by atoms with E-state index in [9.17, 15) is 15.0 Å². The number of aromatic hydroxyl groups is 1. The maximum Gasteiger partial charge on any atom is 0.339 e. The summed E-state index contributed by atoms with van der Waals surface area (Å²) >= 11 is 0. The Hall–Kier alpha value is -1.71. The fourth-order valence-electron chi connectivity index (χ4n) is 6.23. The molecule has 4 atom stereocenters. The summed E-state index contributed by atoms with van der Waals surface area (Å²) < 4.78 is 6.42. The van der Waals surface area contributed by atoms with Crippen molar-refractivity contribution in [3.05, 3.63) is 22.8 Å². The maximum atomic E-state index is 12.2. The number of ether oxygens (including phenoxy) is 1. The topological polar surface area (TPSA) is 66.8 Å². The lowest BCUT2D eigenvalue weighted by Crippen LogP contribution is -2.59. The summed E-state index contributed by atoms with van der Waals surface area (Å²) in [5.41, 5.74) is 1.48. The quantitative estimate of drug-likeness (QED) is 0.717. The highest BCUT2D eigenvalue weighted by Gasteiger charge is 2.70. The third-order valence-corrected chi connectivity index (χ3v) is 7.50. The fourth-order valence-corrected chi connectivity index (χ4v) is 6.23. The lowest BCUT2D eigenvalue weighted by atomic mass is 9.45. The highest BCUT2D eigenvalue weighted by Crippen LogP contribution is 2.74. The first-order valence-electron chi connectivity index (χ1n) is 10.0. The van der Waals surface area contributed by atoms with Crippen molar-refractivity contribution in [3.8, 4) is 11.5 Å². The van der Waals surface area contributed by atoms with E-state index in [-0.39, 0.29) is 28.2 Å². The highest BCUT2D eigenvalue weighted by molar-refractivity contribution is 5.94. The summed E-state index contributed by atoms with van der Waals surface area (Å²) in [6.07, 6.45) is 5.79. The van der Waals surface area contributed by atoms with Gasteiger partial charge >= 0.3 is 5.97 Å². The van der Waals surface area contributed by atoms with Crippen molar-refractivity contribution >= 4 is 5.97 Å². The van der Waals surface area contributed by atoms with Gasteiger partial charge in [0.05, 0.1) is 0 Å². The average molecular weight is 358 g/mol. The summed E-state index contributed by atoms with van der Waals surface area (Å²) in [5.74, 6) is 0.863.